The molecule has 120 valence electrons. The van der Waals surface area contributed by atoms with Gasteiger partial charge in [0.25, 0.3) is 0 Å². The van der Waals surface area contributed by atoms with Crippen molar-refractivity contribution < 1.29 is 14.3 Å². The minimum Gasteiger partial charge on any atom is -0.490 e. The maximum atomic E-state index is 11.8. The third-order valence-electron chi connectivity index (χ3n) is 4.15. The van der Waals surface area contributed by atoms with Gasteiger partial charge < -0.3 is 9.47 Å². The molecule has 0 saturated carbocycles. The van der Waals surface area contributed by atoms with Crippen molar-refractivity contribution in [3.05, 3.63) is 65.2 Å². The van der Waals surface area contributed by atoms with Crippen LogP contribution in [0.5, 0.6) is 5.75 Å². The topological polar surface area (TPSA) is 35.5 Å². The first-order chi connectivity index (χ1) is 11.3. The van der Waals surface area contributed by atoms with Gasteiger partial charge in [-0.3, -0.25) is 0 Å². The first-order valence-corrected chi connectivity index (χ1v) is 8.27. The second-order valence-electron chi connectivity index (χ2n) is 5.86. The van der Waals surface area contributed by atoms with E-state index in [1.165, 1.54) is 5.56 Å². The van der Waals surface area contributed by atoms with E-state index in [9.17, 15) is 4.79 Å². The van der Waals surface area contributed by atoms with Crippen molar-refractivity contribution in [2.75, 3.05) is 6.61 Å². The van der Waals surface area contributed by atoms with Crippen LogP contribution in [0.4, 0.5) is 0 Å². The Hall–Kier alpha value is -2.29. The van der Waals surface area contributed by atoms with E-state index in [1.807, 2.05) is 25.1 Å². The van der Waals surface area contributed by atoms with Crippen LogP contribution in [0.15, 0.2) is 48.5 Å². The summed E-state index contributed by atoms with van der Waals surface area (Å²) >= 11 is 0. The summed E-state index contributed by atoms with van der Waals surface area (Å²) in [6.07, 6.45) is 4.29. The first kappa shape index (κ1) is 15.6. The molecule has 0 N–H and O–H groups in total. The number of rotatable bonds is 6. The second kappa shape index (κ2) is 7.32. The van der Waals surface area contributed by atoms with Crippen LogP contribution in [0, 0.1) is 0 Å². The lowest BCUT2D eigenvalue weighted by Crippen LogP contribution is -2.12. The Bertz CT molecular complexity index is 664. The smallest absolute Gasteiger partial charge is 0.338 e. The maximum Gasteiger partial charge on any atom is 0.338 e. The highest BCUT2D eigenvalue weighted by Crippen LogP contribution is 2.31. The van der Waals surface area contributed by atoms with E-state index in [0.717, 1.165) is 37.0 Å². The molecular formula is C20H22O3. The first-order valence-electron chi connectivity index (χ1n) is 8.27. The highest BCUT2D eigenvalue weighted by molar-refractivity contribution is 5.89. The summed E-state index contributed by atoms with van der Waals surface area (Å²) in [5.74, 6) is 0.644. The van der Waals surface area contributed by atoms with E-state index in [1.54, 1.807) is 6.07 Å². The third kappa shape index (κ3) is 3.92. The second-order valence-corrected chi connectivity index (χ2v) is 5.86. The van der Waals surface area contributed by atoms with Crippen LogP contribution in [0.3, 0.4) is 0 Å². The lowest BCUT2D eigenvalue weighted by atomic mass is 10.0. The number of benzene rings is 2. The highest BCUT2D eigenvalue weighted by atomic mass is 16.5. The summed E-state index contributed by atoms with van der Waals surface area (Å²) in [5.41, 5.74) is 3.09. The SMILES string of the molecule is CCOC(=O)c1ccc2c(c1)CC(CCCc1ccccc1)O2. The van der Waals surface area contributed by atoms with Gasteiger partial charge in [-0.1, -0.05) is 30.3 Å². The van der Waals surface area contributed by atoms with E-state index in [4.69, 9.17) is 9.47 Å². The number of carbonyl (C=O) groups is 1. The van der Waals surface area contributed by atoms with Gasteiger partial charge in [-0.05, 0) is 55.5 Å². The van der Waals surface area contributed by atoms with Crippen molar-refractivity contribution in [1.29, 1.82) is 0 Å². The zero-order valence-electron chi connectivity index (χ0n) is 13.5. The fourth-order valence-electron chi connectivity index (χ4n) is 3.00. The predicted molar refractivity (Wildman–Crippen MR) is 89.9 cm³/mol. The van der Waals surface area contributed by atoms with Crippen LogP contribution in [0.1, 0.15) is 41.3 Å². The molecule has 0 radical (unpaired) electrons. The number of esters is 1. The largest absolute Gasteiger partial charge is 0.490 e. The van der Waals surface area contributed by atoms with Crippen molar-refractivity contribution in [3.8, 4) is 5.75 Å². The van der Waals surface area contributed by atoms with E-state index >= 15 is 0 Å². The summed E-state index contributed by atoms with van der Waals surface area (Å²) in [7, 11) is 0. The van der Waals surface area contributed by atoms with Crippen LogP contribution in [0.25, 0.3) is 0 Å². The molecule has 0 amide bonds. The van der Waals surface area contributed by atoms with Gasteiger partial charge in [-0.25, -0.2) is 4.79 Å². The summed E-state index contributed by atoms with van der Waals surface area (Å²) in [4.78, 5) is 11.8. The molecule has 1 aliphatic rings. The van der Waals surface area contributed by atoms with E-state index in [2.05, 4.69) is 24.3 Å². The standard InChI is InChI=1S/C20H22O3/c1-2-22-20(21)16-11-12-19-17(13-16)14-18(23-19)10-6-9-15-7-4-3-5-8-15/h3-5,7-8,11-13,18H,2,6,9-10,14H2,1H3. The van der Waals surface area contributed by atoms with E-state index < -0.39 is 0 Å². The van der Waals surface area contributed by atoms with Gasteiger partial charge in [0.15, 0.2) is 0 Å². The van der Waals surface area contributed by atoms with Gasteiger partial charge in [0, 0.05) is 6.42 Å². The van der Waals surface area contributed by atoms with Crippen molar-refractivity contribution >= 4 is 5.97 Å². The van der Waals surface area contributed by atoms with Crippen LogP contribution < -0.4 is 4.74 Å². The molecule has 0 bridgehead atoms. The van der Waals surface area contributed by atoms with Gasteiger partial charge >= 0.3 is 5.97 Å². The Morgan fingerprint density at radius 1 is 1.22 bits per heavy atom. The molecule has 0 aliphatic carbocycles. The number of fused-ring (bicyclic) bond motifs is 1. The summed E-state index contributed by atoms with van der Waals surface area (Å²) in [6.45, 7) is 2.21. The van der Waals surface area contributed by atoms with Crippen molar-refractivity contribution in [3.63, 3.8) is 0 Å². The quantitative estimate of drug-likeness (QED) is 0.751. The Morgan fingerprint density at radius 2 is 2.04 bits per heavy atom. The molecule has 0 aromatic heterocycles. The predicted octanol–water partition coefficient (Wildman–Crippen LogP) is 4.19. The molecule has 0 saturated heterocycles. The van der Waals surface area contributed by atoms with Gasteiger partial charge in [0.2, 0.25) is 0 Å². The van der Waals surface area contributed by atoms with Crippen LogP contribution in [-0.4, -0.2) is 18.7 Å². The van der Waals surface area contributed by atoms with E-state index in [0.29, 0.717) is 12.2 Å². The zero-order valence-corrected chi connectivity index (χ0v) is 13.5. The third-order valence-corrected chi connectivity index (χ3v) is 4.15. The molecule has 0 fully saturated rings. The Kier molecular flexibility index (Phi) is 4.96. The molecular weight excluding hydrogens is 288 g/mol. The number of ether oxygens (including phenoxy) is 2. The average molecular weight is 310 g/mol. The Morgan fingerprint density at radius 3 is 2.83 bits per heavy atom. The molecule has 23 heavy (non-hydrogen) atoms. The number of carbonyl (C=O) groups excluding carboxylic acids is 1. The lowest BCUT2D eigenvalue weighted by Gasteiger charge is -2.10. The minimum absolute atomic E-state index is 0.214. The van der Waals surface area contributed by atoms with Gasteiger partial charge in [0.05, 0.1) is 12.2 Å². The molecule has 1 heterocycles. The molecule has 3 nitrogen and oxygen atoms in total. The number of aryl methyl sites for hydroxylation is 1. The van der Waals surface area contributed by atoms with Gasteiger partial charge in [-0.15, -0.1) is 0 Å². The van der Waals surface area contributed by atoms with Crippen molar-refractivity contribution in [2.45, 2.75) is 38.7 Å². The van der Waals surface area contributed by atoms with Crippen molar-refractivity contribution in [1.82, 2.24) is 0 Å². The molecule has 0 spiro atoms. The van der Waals surface area contributed by atoms with Crippen molar-refractivity contribution in [2.24, 2.45) is 0 Å². The summed E-state index contributed by atoms with van der Waals surface area (Å²) < 4.78 is 11.0. The fourth-order valence-corrected chi connectivity index (χ4v) is 3.00. The zero-order chi connectivity index (χ0) is 16.1. The molecule has 1 aliphatic heterocycles. The Balaban J connectivity index is 1.53. The molecule has 3 heteroatoms. The van der Waals surface area contributed by atoms with Crippen LogP contribution in [0.2, 0.25) is 0 Å². The maximum absolute atomic E-state index is 11.8. The highest BCUT2D eigenvalue weighted by Gasteiger charge is 2.23. The van der Waals surface area contributed by atoms with Gasteiger partial charge in [-0.2, -0.15) is 0 Å². The molecule has 1 atom stereocenters. The monoisotopic (exact) mass is 310 g/mol. The minimum atomic E-state index is -0.261. The van der Waals surface area contributed by atoms with Gasteiger partial charge in [0.1, 0.15) is 11.9 Å². The molecule has 1 unspecified atom stereocenters. The fraction of sp³-hybridized carbons (Fsp3) is 0.350. The lowest BCUT2D eigenvalue weighted by molar-refractivity contribution is 0.0526. The van der Waals surface area contributed by atoms with Crippen LogP contribution >= 0.6 is 0 Å². The summed E-state index contributed by atoms with van der Waals surface area (Å²) in [5, 5.41) is 0. The molecule has 3 rings (SSSR count). The average Bonchev–Trinajstić information content (AvgIpc) is 2.98. The normalized spacial score (nSPS) is 15.8. The Labute approximate surface area is 137 Å². The number of hydrogen-bond acceptors (Lipinski definition) is 3. The number of hydrogen-bond donors (Lipinski definition) is 0. The van der Waals surface area contributed by atoms with E-state index in [-0.39, 0.29) is 12.1 Å². The molecule has 2 aromatic rings. The summed E-state index contributed by atoms with van der Waals surface area (Å²) in [6, 6.07) is 16.1. The van der Waals surface area contributed by atoms with Crippen LogP contribution in [-0.2, 0) is 17.6 Å². The molecule has 2 aromatic carbocycles.